The number of hydrogen-bond acceptors (Lipinski definition) is 4. The van der Waals surface area contributed by atoms with Gasteiger partial charge in [-0.1, -0.05) is 36.4 Å². The number of fused-ring (bicyclic) bond motifs is 1. The van der Waals surface area contributed by atoms with Gasteiger partial charge in [0, 0.05) is 13.1 Å². The highest BCUT2D eigenvalue weighted by atomic mass is 16.6. The average Bonchev–Trinajstić information content (AvgIpc) is 2.65. The first kappa shape index (κ1) is 18.1. The highest BCUT2D eigenvalue weighted by molar-refractivity contribution is 5.73. The lowest BCUT2D eigenvalue weighted by Crippen LogP contribution is -2.44. The van der Waals surface area contributed by atoms with Crippen LogP contribution in [-0.2, 0) is 13.1 Å². The minimum absolute atomic E-state index is 0.194. The van der Waals surface area contributed by atoms with Crippen molar-refractivity contribution in [3.05, 3.63) is 59.7 Å². The summed E-state index contributed by atoms with van der Waals surface area (Å²) in [6.45, 7) is 2.20. The van der Waals surface area contributed by atoms with E-state index in [1.54, 1.807) is 0 Å². The monoisotopic (exact) mass is 355 g/mol. The zero-order valence-electron chi connectivity index (χ0n) is 15.2. The molecule has 0 saturated heterocycles. The van der Waals surface area contributed by atoms with Gasteiger partial charge in [-0.3, -0.25) is 0 Å². The summed E-state index contributed by atoms with van der Waals surface area (Å²) in [5.74, 6) is 1.45. The molecule has 2 aromatic carbocycles. The van der Waals surface area contributed by atoms with Crippen molar-refractivity contribution in [3.8, 4) is 11.5 Å². The van der Waals surface area contributed by atoms with Crippen LogP contribution in [0.4, 0.5) is 4.79 Å². The third-order valence-corrected chi connectivity index (χ3v) is 4.03. The molecule has 1 atom stereocenters. The van der Waals surface area contributed by atoms with Crippen molar-refractivity contribution in [2.24, 2.45) is 0 Å². The first-order valence-corrected chi connectivity index (χ1v) is 8.73. The molecule has 1 heterocycles. The molecule has 3 rings (SSSR count). The first-order valence-electron chi connectivity index (χ1n) is 8.73. The number of benzene rings is 2. The fraction of sp³-hybridized carbons (Fsp3) is 0.350. The summed E-state index contributed by atoms with van der Waals surface area (Å²) in [7, 11) is 4.08. The minimum atomic E-state index is -0.218. The maximum absolute atomic E-state index is 12.0. The van der Waals surface area contributed by atoms with E-state index < -0.39 is 0 Å². The van der Waals surface area contributed by atoms with Crippen molar-refractivity contribution in [2.45, 2.75) is 19.2 Å². The predicted octanol–water partition coefficient (Wildman–Crippen LogP) is 2.39. The number of ether oxygens (including phenoxy) is 2. The summed E-state index contributed by atoms with van der Waals surface area (Å²) in [6, 6.07) is 15.6. The van der Waals surface area contributed by atoms with Crippen molar-refractivity contribution in [1.82, 2.24) is 15.5 Å². The molecule has 2 aromatic rings. The Labute approximate surface area is 154 Å². The lowest BCUT2D eigenvalue weighted by molar-refractivity contribution is 0.0918. The molecule has 0 fully saturated rings. The number of para-hydroxylation sites is 2. The molecule has 6 nitrogen and oxygen atoms in total. The largest absolute Gasteiger partial charge is 0.486 e. The zero-order chi connectivity index (χ0) is 18.4. The van der Waals surface area contributed by atoms with Gasteiger partial charge in [-0.05, 0) is 37.4 Å². The molecular formula is C20H25N3O3. The second kappa shape index (κ2) is 8.58. The topological polar surface area (TPSA) is 62.8 Å². The van der Waals surface area contributed by atoms with Gasteiger partial charge in [-0.25, -0.2) is 4.79 Å². The lowest BCUT2D eigenvalue weighted by atomic mass is 10.1. The summed E-state index contributed by atoms with van der Waals surface area (Å²) in [6.07, 6.45) is -0.194. The van der Waals surface area contributed by atoms with E-state index in [1.807, 2.05) is 50.5 Å². The number of nitrogens with zero attached hydrogens (tertiary/aromatic N) is 1. The molecule has 1 unspecified atom stereocenters. The van der Waals surface area contributed by atoms with E-state index in [4.69, 9.17) is 9.47 Å². The van der Waals surface area contributed by atoms with Gasteiger partial charge in [0.2, 0.25) is 0 Å². The molecule has 1 aliphatic rings. The molecule has 0 bridgehead atoms. The summed E-state index contributed by atoms with van der Waals surface area (Å²) in [4.78, 5) is 14.1. The van der Waals surface area contributed by atoms with Crippen LogP contribution < -0.4 is 20.1 Å². The molecule has 0 saturated carbocycles. The number of carbonyl (C=O) groups is 1. The third-order valence-electron chi connectivity index (χ3n) is 4.03. The van der Waals surface area contributed by atoms with Crippen molar-refractivity contribution in [1.29, 1.82) is 0 Å². The number of nitrogens with one attached hydrogen (secondary N) is 2. The van der Waals surface area contributed by atoms with Crippen LogP contribution in [0.2, 0.25) is 0 Å². The maximum atomic E-state index is 12.0. The van der Waals surface area contributed by atoms with E-state index in [1.165, 1.54) is 5.56 Å². The fourth-order valence-electron chi connectivity index (χ4n) is 2.74. The first-order chi connectivity index (χ1) is 12.6. The van der Waals surface area contributed by atoms with E-state index in [0.717, 1.165) is 17.9 Å². The third kappa shape index (κ3) is 5.13. The summed E-state index contributed by atoms with van der Waals surface area (Å²) < 4.78 is 11.5. The van der Waals surface area contributed by atoms with Crippen molar-refractivity contribution >= 4 is 6.03 Å². The quantitative estimate of drug-likeness (QED) is 0.835. The Morgan fingerprint density at radius 2 is 1.73 bits per heavy atom. The lowest BCUT2D eigenvalue weighted by Gasteiger charge is -2.26. The molecule has 0 aromatic heterocycles. The number of urea groups is 1. The van der Waals surface area contributed by atoms with Crippen molar-refractivity contribution in [3.63, 3.8) is 0 Å². The Balaban J connectivity index is 1.39. The highest BCUT2D eigenvalue weighted by Gasteiger charge is 2.20. The molecule has 0 spiro atoms. The van der Waals surface area contributed by atoms with E-state index in [9.17, 15) is 4.79 Å². The van der Waals surface area contributed by atoms with E-state index in [0.29, 0.717) is 25.4 Å². The summed E-state index contributed by atoms with van der Waals surface area (Å²) >= 11 is 0. The van der Waals surface area contributed by atoms with Gasteiger partial charge < -0.3 is 25.0 Å². The molecule has 2 N–H and O–H groups in total. The normalized spacial score (nSPS) is 15.6. The fourth-order valence-corrected chi connectivity index (χ4v) is 2.74. The molecule has 2 amide bonds. The molecular weight excluding hydrogens is 330 g/mol. The Morgan fingerprint density at radius 1 is 1.04 bits per heavy atom. The zero-order valence-corrected chi connectivity index (χ0v) is 15.2. The van der Waals surface area contributed by atoms with Crippen LogP contribution in [-0.4, -0.2) is 44.3 Å². The Morgan fingerprint density at radius 3 is 2.46 bits per heavy atom. The van der Waals surface area contributed by atoms with Crippen LogP contribution in [0.5, 0.6) is 11.5 Å². The number of carbonyl (C=O) groups excluding carboxylic acids is 1. The van der Waals surface area contributed by atoms with Gasteiger partial charge in [0.1, 0.15) is 6.61 Å². The maximum Gasteiger partial charge on any atom is 0.315 e. The van der Waals surface area contributed by atoms with E-state index >= 15 is 0 Å². The number of hydrogen-bond donors (Lipinski definition) is 2. The Hall–Kier alpha value is -2.73. The van der Waals surface area contributed by atoms with Crippen LogP contribution in [0, 0.1) is 0 Å². The van der Waals surface area contributed by atoms with E-state index in [-0.39, 0.29) is 12.1 Å². The molecule has 0 aliphatic carbocycles. The molecule has 6 heteroatoms. The molecule has 26 heavy (non-hydrogen) atoms. The standard InChI is InChI=1S/C20H25N3O3/c1-23(2)13-16-9-7-15(8-10-16)11-21-20(24)22-12-17-14-25-18-5-3-4-6-19(18)26-17/h3-10,17H,11-14H2,1-2H3,(H2,21,22,24). The molecule has 1 aliphatic heterocycles. The number of amides is 2. The Bertz CT molecular complexity index is 731. The molecule has 0 radical (unpaired) electrons. The SMILES string of the molecule is CN(C)Cc1ccc(CNC(=O)NCC2COc3ccccc3O2)cc1. The van der Waals surface area contributed by atoms with Gasteiger partial charge in [0.15, 0.2) is 17.6 Å². The van der Waals surface area contributed by atoms with Crippen LogP contribution in [0.3, 0.4) is 0 Å². The minimum Gasteiger partial charge on any atom is -0.486 e. The smallest absolute Gasteiger partial charge is 0.315 e. The summed E-state index contributed by atoms with van der Waals surface area (Å²) in [5, 5.41) is 5.69. The van der Waals surface area contributed by atoms with Crippen LogP contribution in [0.1, 0.15) is 11.1 Å². The van der Waals surface area contributed by atoms with Gasteiger partial charge in [0.25, 0.3) is 0 Å². The number of rotatable bonds is 6. The highest BCUT2D eigenvalue weighted by Crippen LogP contribution is 2.30. The van der Waals surface area contributed by atoms with Gasteiger partial charge in [0.05, 0.1) is 6.54 Å². The van der Waals surface area contributed by atoms with E-state index in [2.05, 4.69) is 27.7 Å². The average molecular weight is 355 g/mol. The van der Waals surface area contributed by atoms with Crippen LogP contribution >= 0.6 is 0 Å². The van der Waals surface area contributed by atoms with Crippen molar-refractivity contribution in [2.75, 3.05) is 27.2 Å². The molecule has 138 valence electrons. The van der Waals surface area contributed by atoms with Crippen LogP contribution in [0.15, 0.2) is 48.5 Å². The second-order valence-electron chi connectivity index (χ2n) is 6.62. The van der Waals surface area contributed by atoms with Gasteiger partial charge in [-0.15, -0.1) is 0 Å². The van der Waals surface area contributed by atoms with Gasteiger partial charge >= 0.3 is 6.03 Å². The Kier molecular flexibility index (Phi) is 5.96. The van der Waals surface area contributed by atoms with Crippen molar-refractivity contribution < 1.29 is 14.3 Å². The summed E-state index contributed by atoms with van der Waals surface area (Å²) in [5.41, 5.74) is 2.31. The second-order valence-corrected chi connectivity index (χ2v) is 6.62. The van der Waals surface area contributed by atoms with Gasteiger partial charge in [-0.2, -0.15) is 0 Å². The predicted molar refractivity (Wildman–Crippen MR) is 100 cm³/mol. The van der Waals surface area contributed by atoms with Crippen LogP contribution in [0.25, 0.3) is 0 Å².